The Labute approximate surface area is 114 Å². The standard InChI is InChI=1S/C16H32N2/c1-4-14(2)15-12-18(11-7-10-17-15)13-16(3)8-5-6-9-16/h14-15,17H,4-13H2,1-3H3. The molecule has 0 spiro atoms. The van der Waals surface area contributed by atoms with Crippen molar-refractivity contribution in [1.29, 1.82) is 0 Å². The maximum Gasteiger partial charge on any atom is 0.0220 e. The van der Waals surface area contributed by atoms with Crippen LogP contribution in [0.2, 0.25) is 0 Å². The van der Waals surface area contributed by atoms with Gasteiger partial charge in [0, 0.05) is 19.1 Å². The Balaban J connectivity index is 1.90. The fraction of sp³-hybridized carbons (Fsp3) is 1.00. The predicted octanol–water partition coefficient (Wildman–Crippen LogP) is 3.28. The predicted molar refractivity (Wildman–Crippen MR) is 78.9 cm³/mol. The third-order valence-corrected chi connectivity index (χ3v) is 5.26. The van der Waals surface area contributed by atoms with Crippen molar-refractivity contribution in [2.24, 2.45) is 11.3 Å². The van der Waals surface area contributed by atoms with Crippen LogP contribution in [0.3, 0.4) is 0 Å². The van der Waals surface area contributed by atoms with Gasteiger partial charge in [-0.3, -0.25) is 0 Å². The molecule has 2 rings (SSSR count). The summed E-state index contributed by atoms with van der Waals surface area (Å²) in [4.78, 5) is 2.75. The highest BCUT2D eigenvalue weighted by Crippen LogP contribution is 2.38. The van der Waals surface area contributed by atoms with Gasteiger partial charge in [-0.2, -0.15) is 0 Å². The van der Waals surface area contributed by atoms with E-state index in [1.165, 1.54) is 64.7 Å². The summed E-state index contributed by atoms with van der Waals surface area (Å²) in [5.74, 6) is 0.807. The van der Waals surface area contributed by atoms with E-state index in [0.29, 0.717) is 11.5 Å². The molecule has 0 bridgehead atoms. The van der Waals surface area contributed by atoms with E-state index in [2.05, 4.69) is 31.0 Å². The molecule has 2 atom stereocenters. The Morgan fingerprint density at radius 3 is 2.67 bits per heavy atom. The van der Waals surface area contributed by atoms with Gasteiger partial charge in [0.15, 0.2) is 0 Å². The number of nitrogens with one attached hydrogen (secondary N) is 1. The molecular formula is C16H32N2. The summed E-state index contributed by atoms with van der Waals surface area (Å²) in [5, 5.41) is 3.76. The Bertz CT molecular complexity index is 245. The zero-order valence-corrected chi connectivity index (χ0v) is 12.7. The normalized spacial score (nSPS) is 31.2. The molecule has 0 aromatic heterocycles. The highest BCUT2D eigenvalue weighted by Gasteiger charge is 2.32. The average molecular weight is 252 g/mol. The summed E-state index contributed by atoms with van der Waals surface area (Å²) < 4.78 is 0. The van der Waals surface area contributed by atoms with Gasteiger partial charge in [-0.05, 0) is 43.7 Å². The van der Waals surface area contributed by atoms with E-state index in [1.54, 1.807) is 0 Å². The van der Waals surface area contributed by atoms with Gasteiger partial charge in [-0.15, -0.1) is 0 Å². The molecule has 18 heavy (non-hydrogen) atoms. The van der Waals surface area contributed by atoms with Crippen LogP contribution in [0.25, 0.3) is 0 Å². The second-order valence-electron chi connectivity index (χ2n) is 7.05. The smallest absolute Gasteiger partial charge is 0.0220 e. The van der Waals surface area contributed by atoms with E-state index in [1.807, 2.05) is 0 Å². The third-order valence-electron chi connectivity index (χ3n) is 5.26. The maximum atomic E-state index is 3.76. The molecular weight excluding hydrogens is 220 g/mol. The minimum absolute atomic E-state index is 0.615. The van der Waals surface area contributed by atoms with Crippen molar-refractivity contribution in [2.45, 2.75) is 65.3 Å². The molecule has 2 fully saturated rings. The molecule has 1 N–H and O–H groups in total. The topological polar surface area (TPSA) is 15.3 Å². The van der Waals surface area contributed by atoms with E-state index < -0.39 is 0 Å². The lowest BCUT2D eigenvalue weighted by atomic mass is 9.88. The van der Waals surface area contributed by atoms with Crippen LogP contribution in [-0.4, -0.2) is 37.1 Å². The van der Waals surface area contributed by atoms with Gasteiger partial charge in [-0.1, -0.05) is 40.0 Å². The Hall–Kier alpha value is -0.0800. The summed E-state index contributed by atoms with van der Waals surface area (Å²) >= 11 is 0. The molecule has 1 saturated heterocycles. The minimum atomic E-state index is 0.615. The number of rotatable bonds is 4. The molecule has 0 radical (unpaired) electrons. The molecule has 1 aliphatic carbocycles. The molecule has 2 unspecified atom stereocenters. The first-order valence-corrected chi connectivity index (χ1v) is 8.09. The lowest BCUT2D eigenvalue weighted by Crippen LogP contribution is -2.44. The van der Waals surface area contributed by atoms with Crippen LogP contribution < -0.4 is 5.32 Å². The maximum absolute atomic E-state index is 3.76. The number of hydrogen-bond acceptors (Lipinski definition) is 2. The molecule has 1 heterocycles. The monoisotopic (exact) mass is 252 g/mol. The molecule has 0 aromatic rings. The molecule has 2 heteroatoms. The number of nitrogens with zero attached hydrogens (tertiary/aromatic N) is 1. The molecule has 2 aliphatic rings. The largest absolute Gasteiger partial charge is 0.312 e. The molecule has 2 nitrogen and oxygen atoms in total. The second-order valence-corrected chi connectivity index (χ2v) is 7.05. The molecule has 1 saturated carbocycles. The van der Waals surface area contributed by atoms with Crippen molar-refractivity contribution in [2.75, 3.05) is 26.2 Å². The Kier molecular flexibility index (Phi) is 5.08. The van der Waals surface area contributed by atoms with Crippen LogP contribution in [0.5, 0.6) is 0 Å². The van der Waals surface area contributed by atoms with E-state index in [9.17, 15) is 0 Å². The number of hydrogen-bond donors (Lipinski definition) is 1. The van der Waals surface area contributed by atoms with E-state index in [-0.39, 0.29) is 0 Å². The van der Waals surface area contributed by atoms with Gasteiger partial charge in [-0.25, -0.2) is 0 Å². The van der Waals surface area contributed by atoms with Gasteiger partial charge in [0.25, 0.3) is 0 Å². The second kappa shape index (κ2) is 6.38. The van der Waals surface area contributed by atoms with Crippen LogP contribution in [0.1, 0.15) is 59.3 Å². The van der Waals surface area contributed by atoms with Gasteiger partial charge in [0.05, 0.1) is 0 Å². The molecule has 106 valence electrons. The van der Waals surface area contributed by atoms with Crippen LogP contribution in [0, 0.1) is 11.3 Å². The Morgan fingerprint density at radius 1 is 1.28 bits per heavy atom. The SMILES string of the molecule is CCC(C)C1CN(CC2(C)CCCC2)CCCN1. The van der Waals surface area contributed by atoms with Gasteiger partial charge < -0.3 is 10.2 Å². The van der Waals surface area contributed by atoms with Crippen LogP contribution in [-0.2, 0) is 0 Å². The summed E-state index contributed by atoms with van der Waals surface area (Å²) in [6.07, 6.45) is 8.43. The van der Waals surface area contributed by atoms with Gasteiger partial charge in [0.2, 0.25) is 0 Å². The van der Waals surface area contributed by atoms with Crippen molar-refractivity contribution >= 4 is 0 Å². The van der Waals surface area contributed by atoms with Crippen molar-refractivity contribution in [3.05, 3.63) is 0 Å². The van der Waals surface area contributed by atoms with Crippen LogP contribution in [0.4, 0.5) is 0 Å². The van der Waals surface area contributed by atoms with Crippen molar-refractivity contribution in [3.63, 3.8) is 0 Å². The summed E-state index contributed by atoms with van der Waals surface area (Å²) in [7, 11) is 0. The Morgan fingerprint density at radius 2 is 2.00 bits per heavy atom. The first-order chi connectivity index (χ1) is 8.63. The van der Waals surface area contributed by atoms with Crippen molar-refractivity contribution in [1.82, 2.24) is 10.2 Å². The fourth-order valence-corrected chi connectivity index (χ4v) is 3.76. The zero-order valence-electron chi connectivity index (χ0n) is 12.7. The van der Waals surface area contributed by atoms with Gasteiger partial charge in [0.1, 0.15) is 0 Å². The quantitative estimate of drug-likeness (QED) is 0.826. The zero-order chi connectivity index (χ0) is 13.0. The highest BCUT2D eigenvalue weighted by molar-refractivity contribution is 4.87. The minimum Gasteiger partial charge on any atom is -0.312 e. The van der Waals surface area contributed by atoms with Crippen molar-refractivity contribution < 1.29 is 0 Å². The van der Waals surface area contributed by atoms with E-state index >= 15 is 0 Å². The summed E-state index contributed by atoms with van der Waals surface area (Å²) in [6.45, 7) is 12.3. The first kappa shape index (κ1) is 14.3. The van der Waals surface area contributed by atoms with E-state index in [4.69, 9.17) is 0 Å². The van der Waals surface area contributed by atoms with Crippen LogP contribution >= 0.6 is 0 Å². The van der Waals surface area contributed by atoms with Crippen molar-refractivity contribution in [3.8, 4) is 0 Å². The lowest BCUT2D eigenvalue weighted by Gasteiger charge is -2.34. The highest BCUT2D eigenvalue weighted by atomic mass is 15.2. The molecule has 0 amide bonds. The summed E-state index contributed by atoms with van der Waals surface area (Å²) in [5.41, 5.74) is 0.615. The first-order valence-electron chi connectivity index (χ1n) is 8.09. The van der Waals surface area contributed by atoms with Crippen LogP contribution in [0.15, 0.2) is 0 Å². The average Bonchev–Trinajstić information content (AvgIpc) is 2.64. The third kappa shape index (κ3) is 3.71. The van der Waals surface area contributed by atoms with Gasteiger partial charge >= 0.3 is 0 Å². The fourth-order valence-electron chi connectivity index (χ4n) is 3.76. The summed E-state index contributed by atoms with van der Waals surface area (Å²) in [6, 6.07) is 0.711. The molecule has 0 aromatic carbocycles. The lowest BCUT2D eigenvalue weighted by molar-refractivity contribution is 0.155. The molecule has 1 aliphatic heterocycles. The van der Waals surface area contributed by atoms with E-state index in [0.717, 1.165) is 5.92 Å².